The number of aliphatic hydroxyl groups is 1. The van der Waals surface area contributed by atoms with Gasteiger partial charge in [-0.25, -0.2) is 4.98 Å². The molecule has 4 amide bonds. The summed E-state index contributed by atoms with van der Waals surface area (Å²) in [6.07, 6.45) is -4.39. The molecule has 4 aromatic carbocycles. The second-order valence-electron chi connectivity index (χ2n) is 19.3. The Balaban J connectivity index is 0.848. The Labute approximate surface area is 425 Å². The highest BCUT2D eigenvalue weighted by Gasteiger charge is 2.51. The van der Waals surface area contributed by atoms with Gasteiger partial charge in [-0.2, -0.15) is 18.4 Å². The number of thiocarbonyl (C=S) groups is 1. The Morgan fingerprint density at radius 3 is 2.22 bits per heavy atom. The molecule has 0 spiro atoms. The summed E-state index contributed by atoms with van der Waals surface area (Å²) in [7, 11) is 0. The first-order valence-electron chi connectivity index (χ1n) is 23.3. The largest absolute Gasteiger partial charge is 0.491 e. The summed E-state index contributed by atoms with van der Waals surface area (Å²) in [4.78, 5) is 63.7. The molecule has 19 heteroatoms. The molecule has 2 saturated heterocycles. The Morgan fingerprint density at radius 1 is 0.972 bits per heavy atom. The molecule has 2 aliphatic rings. The van der Waals surface area contributed by atoms with Crippen molar-refractivity contribution >= 4 is 63.7 Å². The zero-order valence-corrected chi connectivity index (χ0v) is 42.3. The summed E-state index contributed by atoms with van der Waals surface area (Å²) in [6, 6.07) is 25.3. The number of hydrogen-bond donors (Lipinski definition) is 3. The second kappa shape index (κ2) is 22.0. The molecule has 378 valence electrons. The zero-order chi connectivity index (χ0) is 52.1. The minimum Gasteiger partial charge on any atom is -0.491 e. The number of halogens is 3. The molecule has 0 radical (unpaired) electrons. The third-order valence-electron chi connectivity index (χ3n) is 12.6. The van der Waals surface area contributed by atoms with E-state index in [-0.39, 0.29) is 48.9 Å². The molecular weight excluding hydrogens is 968 g/mol. The first-order valence-corrected chi connectivity index (χ1v) is 24.6. The summed E-state index contributed by atoms with van der Waals surface area (Å²) >= 11 is 7.24. The molecule has 14 nitrogen and oxygen atoms in total. The fourth-order valence-corrected chi connectivity index (χ4v) is 9.98. The fraction of sp³-hybridized carbons (Fsp3) is 0.377. The Morgan fingerprint density at radius 2 is 1.61 bits per heavy atom. The number of amides is 4. The Bertz CT molecular complexity index is 2840. The number of likely N-dealkylation sites (tertiary alicyclic amines) is 1. The third kappa shape index (κ3) is 12.0. The molecule has 3 N–H and O–H groups in total. The van der Waals surface area contributed by atoms with E-state index in [2.05, 4.69) is 15.6 Å². The van der Waals surface area contributed by atoms with Crippen molar-refractivity contribution in [1.29, 1.82) is 5.26 Å². The van der Waals surface area contributed by atoms with Crippen molar-refractivity contribution in [3.05, 3.63) is 119 Å². The molecule has 3 atom stereocenters. The van der Waals surface area contributed by atoms with Crippen molar-refractivity contribution in [2.24, 2.45) is 5.41 Å². The molecular formula is C53H56F3N7O7S2. The van der Waals surface area contributed by atoms with Crippen LogP contribution >= 0.6 is 23.6 Å². The average molecular weight is 1020 g/mol. The van der Waals surface area contributed by atoms with Crippen molar-refractivity contribution in [2.45, 2.75) is 97.3 Å². The van der Waals surface area contributed by atoms with Crippen molar-refractivity contribution < 1.29 is 46.9 Å². The van der Waals surface area contributed by atoms with Crippen LogP contribution in [-0.2, 0) is 36.6 Å². The van der Waals surface area contributed by atoms with Gasteiger partial charge in [0.1, 0.15) is 36.6 Å². The summed E-state index contributed by atoms with van der Waals surface area (Å²) in [6.45, 7) is 11.1. The van der Waals surface area contributed by atoms with E-state index in [0.29, 0.717) is 37.4 Å². The summed E-state index contributed by atoms with van der Waals surface area (Å²) in [5, 5.41) is 25.7. The molecule has 2 aliphatic heterocycles. The first-order chi connectivity index (χ1) is 34.1. The minimum atomic E-state index is -4.81. The normalized spacial score (nSPS) is 16.6. The molecule has 0 aliphatic carbocycles. The minimum absolute atomic E-state index is 0.0115. The molecule has 7 rings (SSSR count). The molecule has 72 heavy (non-hydrogen) atoms. The van der Waals surface area contributed by atoms with Gasteiger partial charge < -0.3 is 35.0 Å². The van der Waals surface area contributed by atoms with E-state index in [4.69, 9.17) is 21.7 Å². The number of benzene rings is 4. The van der Waals surface area contributed by atoms with Gasteiger partial charge >= 0.3 is 6.18 Å². The standard InChI is InChI=1S/C53H56F3N7O7S2/c1-32-45(72-31-59-32)36-11-9-33(10-12-36)28-58-47(66)43-8-7-24-61(43)48(67)46(51(2,3)4)60-44(65)30-69-25-23-40(64)29-70-41-21-16-35(17-22-41)34-13-18-38(19-14-34)63-50(71)62(49(68)52(63,5)6)39-20-15-37(27-57)42(26-39)53(54,55)56/h9-22,26,31,40,43,46,64H,7-8,23-25,28-30H2,1-6H3,(H,58,66)(H,60,65)/t40?,43-,46+/m0/s1. The van der Waals surface area contributed by atoms with Crippen LogP contribution in [0.25, 0.3) is 21.6 Å². The van der Waals surface area contributed by atoms with Gasteiger partial charge in [0.15, 0.2) is 5.11 Å². The summed E-state index contributed by atoms with van der Waals surface area (Å²) < 4.78 is 52.7. The number of anilines is 2. The SMILES string of the molecule is Cc1ncsc1-c1ccc(CNC(=O)[C@@H]2CCCN2C(=O)[C@@H](NC(=O)COCCC(O)COc2ccc(-c3ccc(N4C(=S)N(c5ccc(C#N)c(C(F)(F)F)c5)C(=O)C4(C)C)cc3)cc2)C(C)(C)C)cc1. The number of ether oxygens (including phenoxy) is 2. The molecule has 0 bridgehead atoms. The highest BCUT2D eigenvalue weighted by Crippen LogP contribution is 2.40. The predicted octanol–water partition coefficient (Wildman–Crippen LogP) is 8.58. The molecule has 5 aromatic rings. The van der Waals surface area contributed by atoms with Crippen molar-refractivity contribution in [3.63, 3.8) is 0 Å². The number of nitriles is 1. The van der Waals surface area contributed by atoms with Crippen LogP contribution in [-0.4, -0.2) is 93.8 Å². The number of aromatic nitrogens is 1. The number of hydrogen-bond acceptors (Lipinski definition) is 11. The van der Waals surface area contributed by atoms with Crippen LogP contribution in [0.3, 0.4) is 0 Å². The smallest absolute Gasteiger partial charge is 0.417 e. The molecule has 1 aromatic heterocycles. The number of aliphatic hydroxyl groups excluding tert-OH is 1. The lowest BCUT2D eigenvalue weighted by Gasteiger charge is -2.35. The van der Waals surface area contributed by atoms with Crippen LogP contribution in [0.5, 0.6) is 5.75 Å². The molecule has 1 unspecified atom stereocenters. The van der Waals surface area contributed by atoms with Crippen molar-refractivity contribution in [1.82, 2.24) is 20.5 Å². The lowest BCUT2D eigenvalue weighted by atomic mass is 9.85. The topological polar surface area (TPSA) is 177 Å². The first kappa shape index (κ1) is 53.1. The van der Waals surface area contributed by atoms with Gasteiger partial charge in [0.2, 0.25) is 17.7 Å². The van der Waals surface area contributed by atoms with Crippen LogP contribution in [0.4, 0.5) is 24.5 Å². The third-order valence-corrected chi connectivity index (χ3v) is 14.0. The van der Waals surface area contributed by atoms with E-state index in [1.807, 2.05) is 81.7 Å². The maximum Gasteiger partial charge on any atom is 0.417 e. The van der Waals surface area contributed by atoms with Gasteiger partial charge in [-0.15, -0.1) is 11.3 Å². The van der Waals surface area contributed by atoms with Gasteiger partial charge in [0, 0.05) is 31.8 Å². The Hall–Kier alpha value is -6.72. The number of thiazole rings is 1. The number of nitrogens with zero attached hydrogens (tertiary/aromatic N) is 5. The van der Waals surface area contributed by atoms with Crippen LogP contribution < -0.4 is 25.2 Å². The number of aryl methyl sites for hydroxylation is 1. The lowest BCUT2D eigenvalue weighted by Crippen LogP contribution is -2.58. The maximum atomic E-state index is 14.0. The number of carbonyl (C=O) groups excluding carboxylic acids is 4. The fourth-order valence-electron chi connectivity index (χ4n) is 8.65. The lowest BCUT2D eigenvalue weighted by molar-refractivity contribution is -0.144. The Kier molecular flexibility index (Phi) is 16.2. The van der Waals surface area contributed by atoms with Crippen LogP contribution in [0.15, 0.2) is 96.5 Å². The van der Waals surface area contributed by atoms with Gasteiger partial charge in [-0.05, 0) is 116 Å². The highest BCUT2D eigenvalue weighted by atomic mass is 32.1. The van der Waals surface area contributed by atoms with Gasteiger partial charge in [0.05, 0.1) is 45.1 Å². The molecule has 0 saturated carbocycles. The summed E-state index contributed by atoms with van der Waals surface area (Å²) in [5.41, 5.74) is 3.22. The average Bonchev–Trinajstić information content (AvgIpc) is 4.06. The van der Waals surface area contributed by atoms with Gasteiger partial charge in [-0.1, -0.05) is 69.3 Å². The highest BCUT2D eigenvalue weighted by molar-refractivity contribution is 7.81. The number of rotatable bonds is 17. The zero-order valence-electron chi connectivity index (χ0n) is 40.7. The van der Waals surface area contributed by atoms with Crippen LogP contribution in [0.2, 0.25) is 0 Å². The van der Waals surface area contributed by atoms with Crippen LogP contribution in [0.1, 0.15) is 76.3 Å². The number of alkyl halides is 3. The van der Waals surface area contributed by atoms with Crippen molar-refractivity contribution in [3.8, 4) is 33.4 Å². The van der Waals surface area contributed by atoms with Crippen molar-refractivity contribution in [2.75, 3.05) is 36.2 Å². The number of carbonyl (C=O) groups is 4. The van der Waals surface area contributed by atoms with E-state index in [1.165, 1.54) is 6.07 Å². The number of nitrogens with one attached hydrogen (secondary N) is 2. The second-order valence-corrected chi connectivity index (χ2v) is 20.5. The predicted molar refractivity (Wildman–Crippen MR) is 272 cm³/mol. The molecule has 2 fully saturated rings. The van der Waals surface area contributed by atoms with E-state index in [0.717, 1.165) is 49.9 Å². The van der Waals surface area contributed by atoms with E-state index >= 15 is 0 Å². The maximum absolute atomic E-state index is 14.0. The van der Waals surface area contributed by atoms with E-state index < -0.39 is 58.3 Å². The molecule has 3 heterocycles. The van der Waals surface area contributed by atoms with Crippen LogP contribution in [0, 0.1) is 23.7 Å². The van der Waals surface area contributed by atoms with Gasteiger partial charge in [0.25, 0.3) is 5.91 Å². The van der Waals surface area contributed by atoms with E-state index in [1.54, 1.807) is 65.3 Å². The summed E-state index contributed by atoms with van der Waals surface area (Å²) in [5.74, 6) is -1.12. The quantitative estimate of drug-likeness (QED) is 0.0601. The van der Waals surface area contributed by atoms with Gasteiger partial charge in [-0.3, -0.25) is 24.1 Å². The monoisotopic (exact) mass is 1020 g/mol. The van der Waals surface area contributed by atoms with E-state index in [9.17, 15) is 42.7 Å².